The van der Waals surface area contributed by atoms with Crippen molar-refractivity contribution in [2.24, 2.45) is 5.92 Å². The standard InChI is InChI=1S/C8H17O3P/c1-5-7(8(9)10)6(2)12(3,4)11/h6-7H,5H2,1-4H3,(H,9,10). The number of hydrogen-bond acceptors (Lipinski definition) is 2. The fourth-order valence-corrected chi connectivity index (χ4v) is 2.36. The van der Waals surface area contributed by atoms with Crippen LogP contribution in [0.5, 0.6) is 0 Å². The van der Waals surface area contributed by atoms with Crippen LogP contribution in [-0.2, 0) is 9.36 Å². The summed E-state index contributed by atoms with van der Waals surface area (Å²) >= 11 is 0. The van der Waals surface area contributed by atoms with Gasteiger partial charge in [0.25, 0.3) is 0 Å². The highest BCUT2D eigenvalue weighted by Gasteiger charge is 2.30. The van der Waals surface area contributed by atoms with Gasteiger partial charge in [-0.05, 0) is 19.8 Å². The molecule has 0 saturated heterocycles. The van der Waals surface area contributed by atoms with Crippen LogP contribution in [0.15, 0.2) is 0 Å². The van der Waals surface area contributed by atoms with Crippen molar-refractivity contribution in [2.75, 3.05) is 13.3 Å². The summed E-state index contributed by atoms with van der Waals surface area (Å²) in [5, 5.41) is 8.79. The van der Waals surface area contributed by atoms with Crippen molar-refractivity contribution >= 4 is 13.1 Å². The number of hydrogen-bond donors (Lipinski definition) is 1. The molecule has 0 rings (SSSR count). The molecule has 0 aromatic carbocycles. The van der Waals surface area contributed by atoms with Gasteiger partial charge in [0.15, 0.2) is 0 Å². The van der Waals surface area contributed by atoms with E-state index in [2.05, 4.69) is 0 Å². The molecule has 0 bridgehead atoms. The predicted octanol–water partition coefficient (Wildman–Crippen LogP) is 2.11. The Morgan fingerprint density at radius 1 is 1.50 bits per heavy atom. The van der Waals surface area contributed by atoms with Gasteiger partial charge in [0.2, 0.25) is 0 Å². The summed E-state index contributed by atoms with van der Waals surface area (Å²) in [5.41, 5.74) is -0.222. The molecule has 3 nitrogen and oxygen atoms in total. The van der Waals surface area contributed by atoms with E-state index < -0.39 is 19.0 Å². The zero-order valence-corrected chi connectivity index (χ0v) is 8.97. The SMILES string of the molecule is CCC(C(=O)O)C(C)P(C)(C)=O. The molecular formula is C8H17O3P. The van der Waals surface area contributed by atoms with E-state index in [1.54, 1.807) is 20.3 Å². The van der Waals surface area contributed by atoms with Crippen LogP contribution in [0.3, 0.4) is 0 Å². The highest BCUT2D eigenvalue weighted by Crippen LogP contribution is 2.46. The molecule has 0 heterocycles. The van der Waals surface area contributed by atoms with E-state index in [1.807, 2.05) is 6.92 Å². The van der Waals surface area contributed by atoms with Crippen molar-refractivity contribution < 1.29 is 14.5 Å². The van der Waals surface area contributed by atoms with Crippen LogP contribution in [-0.4, -0.2) is 30.1 Å². The monoisotopic (exact) mass is 192 g/mol. The van der Waals surface area contributed by atoms with Crippen molar-refractivity contribution in [2.45, 2.75) is 25.9 Å². The zero-order valence-electron chi connectivity index (χ0n) is 8.07. The maximum Gasteiger partial charge on any atom is 0.307 e. The minimum absolute atomic E-state index is 0.222. The number of carbonyl (C=O) groups is 1. The zero-order chi connectivity index (χ0) is 9.94. The summed E-state index contributed by atoms with van der Waals surface area (Å²) in [5.74, 6) is -1.31. The summed E-state index contributed by atoms with van der Waals surface area (Å²) in [7, 11) is -2.26. The third-order valence-corrected chi connectivity index (χ3v) is 4.64. The molecule has 4 heteroatoms. The Bertz CT molecular complexity index is 206. The quantitative estimate of drug-likeness (QED) is 0.694. The molecule has 12 heavy (non-hydrogen) atoms. The van der Waals surface area contributed by atoms with E-state index in [0.717, 1.165) is 0 Å². The first-order valence-electron chi connectivity index (χ1n) is 4.08. The van der Waals surface area contributed by atoms with E-state index >= 15 is 0 Å². The highest BCUT2D eigenvalue weighted by atomic mass is 31.2. The number of aliphatic carboxylic acids is 1. The van der Waals surface area contributed by atoms with Gasteiger partial charge in [0.05, 0.1) is 13.1 Å². The summed E-state index contributed by atoms with van der Waals surface area (Å²) < 4.78 is 11.6. The second-order valence-electron chi connectivity index (χ2n) is 3.53. The van der Waals surface area contributed by atoms with Gasteiger partial charge >= 0.3 is 5.97 Å². The van der Waals surface area contributed by atoms with Gasteiger partial charge in [-0.1, -0.05) is 13.8 Å². The molecule has 0 aliphatic carbocycles. The Balaban J connectivity index is 4.54. The molecular weight excluding hydrogens is 175 g/mol. The van der Waals surface area contributed by atoms with Crippen molar-refractivity contribution in [3.05, 3.63) is 0 Å². The molecule has 0 aromatic rings. The number of carboxylic acids is 1. The number of carboxylic acid groups (broad SMARTS) is 1. The first-order valence-corrected chi connectivity index (χ1v) is 6.75. The van der Waals surface area contributed by atoms with Crippen LogP contribution in [0.4, 0.5) is 0 Å². The third kappa shape index (κ3) is 2.98. The van der Waals surface area contributed by atoms with Crippen LogP contribution in [0.1, 0.15) is 20.3 Å². The average Bonchev–Trinajstić information content (AvgIpc) is 1.86. The van der Waals surface area contributed by atoms with Gasteiger partial charge in [0.1, 0.15) is 0 Å². The van der Waals surface area contributed by atoms with Crippen molar-refractivity contribution in [1.29, 1.82) is 0 Å². The maximum absolute atomic E-state index is 11.6. The molecule has 0 amide bonds. The summed E-state index contributed by atoms with van der Waals surface area (Å²) in [6.45, 7) is 6.85. The van der Waals surface area contributed by atoms with Crippen molar-refractivity contribution in [3.63, 3.8) is 0 Å². The lowest BCUT2D eigenvalue weighted by molar-refractivity contribution is -0.141. The Hall–Kier alpha value is -0.300. The van der Waals surface area contributed by atoms with Gasteiger partial charge in [-0.15, -0.1) is 0 Å². The van der Waals surface area contributed by atoms with E-state index in [1.165, 1.54) is 0 Å². The van der Waals surface area contributed by atoms with Gasteiger partial charge in [-0.2, -0.15) is 0 Å². The minimum Gasteiger partial charge on any atom is -0.481 e. The first-order chi connectivity index (χ1) is 5.30. The van der Waals surface area contributed by atoms with E-state index in [4.69, 9.17) is 5.11 Å². The smallest absolute Gasteiger partial charge is 0.307 e. The van der Waals surface area contributed by atoms with E-state index in [9.17, 15) is 9.36 Å². The molecule has 1 N–H and O–H groups in total. The van der Waals surface area contributed by atoms with E-state index in [-0.39, 0.29) is 5.66 Å². The fourth-order valence-electron chi connectivity index (χ4n) is 1.16. The van der Waals surface area contributed by atoms with Gasteiger partial charge in [0, 0.05) is 5.66 Å². The Kier molecular flexibility index (Phi) is 3.98. The molecule has 0 aliphatic heterocycles. The molecule has 0 fully saturated rings. The fraction of sp³-hybridized carbons (Fsp3) is 0.875. The molecule has 0 spiro atoms. The third-order valence-electron chi connectivity index (χ3n) is 2.32. The van der Waals surface area contributed by atoms with Crippen LogP contribution in [0.25, 0.3) is 0 Å². The second-order valence-corrected chi connectivity index (χ2v) is 7.21. The van der Waals surface area contributed by atoms with Crippen molar-refractivity contribution in [1.82, 2.24) is 0 Å². The maximum atomic E-state index is 11.6. The van der Waals surface area contributed by atoms with Crippen LogP contribution < -0.4 is 0 Å². The normalized spacial score (nSPS) is 17.0. The predicted molar refractivity (Wildman–Crippen MR) is 50.3 cm³/mol. The molecule has 2 unspecified atom stereocenters. The van der Waals surface area contributed by atoms with Crippen LogP contribution >= 0.6 is 7.14 Å². The first kappa shape index (κ1) is 11.7. The Labute approximate surface area is 73.5 Å². The average molecular weight is 192 g/mol. The summed E-state index contributed by atoms with van der Waals surface area (Å²) in [6.07, 6.45) is 0.544. The topological polar surface area (TPSA) is 54.4 Å². The largest absolute Gasteiger partial charge is 0.481 e. The second kappa shape index (κ2) is 4.08. The summed E-state index contributed by atoms with van der Waals surface area (Å²) in [6, 6.07) is 0. The van der Waals surface area contributed by atoms with Gasteiger partial charge in [-0.3, -0.25) is 4.79 Å². The minimum atomic E-state index is -2.26. The molecule has 0 radical (unpaired) electrons. The van der Waals surface area contributed by atoms with Gasteiger partial charge < -0.3 is 9.67 Å². The summed E-state index contributed by atoms with van der Waals surface area (Å²) in [4.78, 5) is 10.7. The lowest BCUT2D eigenvalue weighted by Crippen LogP contribution is -2.24. The molecule has 0 saturated carbocycles. The number of rotatable bonds is 4. The Morgan fingerprint density at radius 2 is 1.92 bits per heavy atom. The van der Waals surface area contributed by atoms with Crippen LogP contribution in [0, 0.1) is 5.92 Å². The Morgan fingerprint density at radius 3 is 2.00 bits per heavy atom. The lowest BCUT2D eigenvalue weighted by atomic mass is 10.0. The molecule has 0 aromatic heterocycles. The molecule has 2 atom stereocenters. The van der Waals surface area contributed by atoms with Crippen LogP contribution in [0.2, 0.25) is 0 Å². The lowest BCUT2D eigenvalue weighted by Gasteiger charge is -2.22. The molecule has 72 valence electrons. The highest BCUT2D eigenvalue weighted by molar-refractivity contribution is 7.63. The van der Waals surface area contributed by atoms with Crippen molar-refractivity contribution in [3.8, 4) is 0 Å². The van der Waals surface area contributed by atoms with E-state index in [0.29, 0.717) is 6.42 Å². The molecule has 0 aliphatic rings. The van der Waals surface area contributed by atoms with Gasteiger partial charge in [-0.25, -0.2) is 0 Å².